The van der Waals surface area contributed by atoms with Crippen molar-refractivity contribution in [3.8, 4) is 12.3 Å². The third-order valence-electron chi connectivity index (χ3n) is 3.50. The Bertz CT molecular complexity index is 640. The van der Waals surface area contributed by atoms with Crippen molar-refractivity contribution in [1.29, 1.82) is 0 Å². The minimum atomic E-state index is -1.12. The van der Waals surface area contributed by atoms with E-state index in [0.717, 1.165) is 4.57 Å². The molecule has 0 saturated carbocycles. The van der Waals surface area contributed by atoms with Gasteiger partial charge in [-0.05, 0) is 0 Å². The molecule has 126 valence electrons. The molecular formula is C14H19N3O6. The van der Waals surface area contributed by atoms with Gasteiger partial charge in [0.25, 0.3) is 0 Å². The summed E-state index contributed by atoms with van der Waals surface area (Å²) in [7, 11) is 1.51. The predicted molar refractivity (Wildman–Crippen MR) is 79.5 cm³/mol. The Morgan fingerprint density at radius 3 is 2.91 bits per heavy atom. The van der Waals surface area contributed by atoms with E-state index in [1.807, 2.05) is 0 Å². The number of terminal acetylenes is 1. The standard InChI is InChI=1S/C14H19N3O6/c1-3-8-6-17(14(20)16-12(8)15)13-11(22-5-4-21-2)10(19)9(7-18)23-13/h1,6,9-11,13,18-19H,4-5,7H2,2H3,(H2,15,16,20)/t9-,10-,11-,13-/m1/s1. The maximum atomic E-state index is 12.1. The average molecular weight is 325 g/mol. The van der Waals surface area contributed by atoms with Gasteiger partial charge in [0.15, 0.2) is 6.23 Å². The SMILES string of the molecule is C#Cc1cn([C@@H]2O[C@H](CO)[C@@H](O)[C@H]2OCCOC)c(=O)nc1N. The third kappa shape index (κ3) is 3.52. The molecule has 1 aliphatic heterocycles. The highest BCUT2D eigenvalue weighted by Gasteiger charge is 2.45. The van der Waals surface area contributed by atoms with Crippen LogP contribution in [0.3, 0.4) is 0 Å². The van der Waals surface area contributed by atoms with Crippen molar-refractivity contribution in [1.82, 2.24) is 9.55 Å². The molecule has 9 nitrogen and oxygen atoms in total. The molecule has 1 aromatic rings. The number of aromatic nitrogens is 2. The summed E-state index contributed by atoms with van der Waals surface area (Å²) < 4.78 is 17.0. The van der Waals surface area contributed by atoms with E-state index in [1.165, 1.54) is 13.3 Å². The predicted octanol–water partition coefficient (Wildman–Crippen LogP) is -1.91. The van der Waals surface area contributed by atoms with Gasteiger partial charge in [0, 0.05) is 13.3 Å². The Hall–Kier alpha value is -1.96. The summed E-state index contributed by atoms with van der Waals surface area (Å²) in [5.41, 5.74) is 5.09. The molecule has 4 N–H and O–H groups in total. The molecule has 0 aromatic carbocycles. The molecule has 9 heteroatoms. The van der Waals surface area contributed by atoms with E-state index in [1.54, 1.807) is 0 Å². The summed E-state index contributed by atoms with van der Waals surface area (Å²) in [6, 6.07) is 0. The summed E-state index contributed by atoms with van der Waals surface area (Å²) in [6.45, 7) is 0.0422. The van der Waals surface area contributed by atoms with Gasteiger partial charge < -0.3 is 30.2 Å². The van der Waals surface area contributed by atoms with Crippen molar-refractivity contribution < 1.29 is 24.4 Å². The zero-order valence-electron chi connectivity index (χ0n) is 12.6. The van der Waals surface area contributed by atoms with Crippen LogP contribution in [0.4, 0.5) is 5.82 Å². The largest absolute Gasteiger partial charge is 0.394 e. The Morgan fingerprint density at radius 1 is 1.57 bits per heavy atom. The van der Waals surface area contributed by atoms with E-state index in [9.17, 15) is 15.0 Å². The van der Waals surface area contributed by atoms with Crippen LogP contribution in [0.1, 0.15) is 11.8 Å². The molecule has 23 heavy (non-hydrogen) atoms. The van der Waals surface area contributed by atoms with Crippen molar-refractivity contribution in [2.45, 2.75) is 24.5 Å². The highest BCUT2D eigenvalue weighted by Crippen LogP contribution is 2.31. The zero-order valence-corrected chi connectivity index (χ0v) is 12.6. The Kier molecular flexibility index (Phi) is 5.70. The molecule has 0 unspecified atom stereocenters. The molecule has 0 radical (unpaired) electrons. The number of anilines is 1. The van der Waals surface area contributed by atoms with Gasteiger partial charge in [0.2, 0.25) is 0 Å². The molecule has 0 bridgehead atoms. The van der Waals surface area contributed by atoms with Crippen LogP contribution in [0.25, 0.3) is 0 Å². The Morgan fingerprint density at radius 2 is 2.30 bits per heavy atom. The number of nitrogens with two attached hydrogens (primary N) is 1. The number of rotatable bonds is 6. The van der Waals surface area contributed by atoms with Gasteiger partial charge >= 0.3 is 5.69 Å². The van der Waals surface area contributed by atoms with E-state index in [0.29, 0.717) is 6.61 Å². The van der Waals surface area contributed by atoms with Gasteiger partial charge in [0.1, 0.15) is 24.1 Å². The summed E-state index contributed by atoms with van der Waals surface area (Å²) in [5.74, 6) is 2.25. The van der Waals surface area contributed by atoms with Gasteiger partial charge in [0.05, 0.1) is 25.4 Å². The van der Waals surface area contributed by atoms with Crippen LogP contribution in [-0.2, 0) is 14.2 Å². The maximum Gasteiger partial charge on any atom is 0.351 e. The quantitative estimate of drug-likeness (QED) is 0.408. The average Bonchev–Trinajstić information content (AvgIpc) is 2.84. The first-order valence-corrected chi connectivity index (χ1v) is 6.93. The molecule has 2 heterocycles. The molecule has 1 saturated heterocycles. The molecule has 1 aromatic heterocycles. The van der Waals surface area contributed by atoms with Gasteiger partial charge in [-0.15, -0.1) is 6.42 Å². The number of aliphatic hydroxyl groups is 2. The van der Waals surface area contributed by atoms with Crippen LogP contribution >= 0.6 is 0 Å². The molecule has 0 spiro atoms. The summed E-state index contributed by atoms with van der Waals surface area (Å²) in [4.78, 5) is 15.7. The number of nitrogen functional groups attached to an aromatic ring is 1. The van der Waals surface area contributed by atoms with Crippen molar-refractivity contribution >= 4 is 5.82 Å². The van der Waals surface area contributed by atoms with Gasteiger partial charge in [-0.25, -0.2) is 4.79 Å². The lowest BCUT2D eigenvalue weighted by molar-refractivity contribution is -0.0819. The fourth-order valence-electron chi connectivity index (χ4n) is 2.32. The first kappa shape index (κ1) is 17.4. The Labute approximate surface area is 132 Å². The van der Waals surface area contributed by atoms with Crippen LogP contribution < -0.4 is 11.4 Å². The second-order valence-electron chi connectivity index (χ2n) is 4.94. The van der Waals surface area contributed by atoms with E-state index < -0.39 is 36.8 Å². The van der Waals surface area contributed by atoms with Crippen LogP contribution in [0, 0.1) is 12.3 Å². The number of hydrogen-bond donors (Lipinski definition) is 3. The lowest BCUT2D eigenvalue weighted by Gasteiger charge is -2.22. The van der Waals surface area contributed by atoms with Crippen molar-refractivity contribution in [3.63, 3.8) is 0 Å². The third-order valence-corrected chi connectivity index (χ3v) is 3.50. The molecule has 0 amide bonds. The minimum absolute atomic E-state index is 0.0668. The highest BCUT2D eigenvalue weighted by atomic mass is 16.6. The van der Waals surface area contributed by atoms with Crippen LogP contribution in [0.5, 0.6) is 0 Å². The van der Waals surface area contributed by atoms with Gasteiger partial charge in [-0.3, -0.25) is 4.57 Å². The van der Waals surface area contributed by atoms with E-state index in [-0.39, 0.29) is 18.0 Å². The molecular weight excluding hydrogens is 306 g/mol. The van der Waals surface area contributed by atoms with E-state index in [4.69, 9.17) is 26.4 Å². The fourth-order valence-corrected chi connectivity index (χ4v) is 2.32. The van der Waals surface area contributed by atoms with Gasteiger partial charge in [-0.1, -0.05) is 5.92 Å². The number of ether oxygens (including phenoxy) is 3. The lowest BCUT2D eigenvalue weighted by atomic mass is 10.1. The van der Waals surface area contributed by atoms with E-state index in [2.05, 4.69) is 10.9 Å². The second-order valence-corrected chi connectivity index (χ2v) is 4.94. The number of hydrogen-bond acceptors (Lipinski definition) is 8. The number of methoxy groups -OCH3 is 1. The minimum Gasteiger partial charge on any atom is -0.394 e. The van der Waals surface area contributed by atoms with Crippen LogP contribution in [-0.4, -0.2) is 65.0 Å². The molecule has 1 fully saturated rings. The normalized spacial score (nSPS) is 27.0. The Balaban J connectivity index is 2.35. The first-order chi connectivity index (χ1) is 11.0. The highest BCUT2D eigenvalue weighted by molar-refractivity contribution is 5.47. The topological polar surface area (TPSA) is 129 Å². The molecule has 1 aliphatic rings. The first-order valence-electron chi connectivity index (χ1n) is 6.93. The van der Waals surface area contributed by atoms with E-state index >= 15 is 0 Å². The fraction of sp³-hybridized carbons (Fsp3) is 0.571. The molecule has 4 atom stereocenters. The van der Waals surface area contributed by atoms with Crippen molar-refractivity contribution in [2.24, 2.45) is 0 Å². The van der Waals surface area contributed by atoms with Crippen molar-refractivity contribution in [3.05, 3.63) is 22.2 Å². The summed E-state index contributed by atoms with van der Waals surface area (Å²) >= 11 is 0. The molecule has 0 aliphatic carbocycles. The smallest absolute Gasteiger partial charge is 0.351 e. The monoisotopic (exact) mass is 325 g/mol. The number of aliphatic hydroxyl groups excluding tert-OH is 2. The number of nitrogens with zero attached hydrogens (tertiary/aromatic N) is 2. The summed E-state index contributed by atoms with van der Waals surface area (Å²) in [6.07, 6.45) is 2.72. The zero-order chi connectivity index (χ0) is 17.0. The van der Waals surface area contributed by atoms with Crippen LogP contribution in [0.15, 0.2) is 11.0 Å². The van der Waals surface area contributed by atoms with Crippen LogP contribution in [0.2, 0.25) is 0 Å². The second kappa shape index (κ2) is 7.54. The summed E-state index contributed by atoms with van der Waals surface area (Å²) in [5, 5.41) is 19.5. The molecule has 2 rings (SSSR count). The maximum absolute atomic E-state index is 12.1. The lowest BCUT2D eigenvalue weighted by Crippen LogP contribution is -2.39. The van der Waals surface area contributed by atoms with Crippen molar-refractivity contribution in [2.75, 3.05) is 32.7 Å². The van der Waals surface area contributed by atoms with Gasteiger partial charge in [-0.2, -0.15) is 4.98 Å².